The van der Waals surface area contributed by atoms with E-state index in [1.54, 1.807) is 24.3 Å². The van der Waals surface area contributed by atoms with Crippen LogP contribution in [0, 0.1) is 0 Å². The number of carboxylic acid groups (broad SMARTS) is 1. The number of aliphatic hydroxyl groups is 1. The lowest BCUT2D eigenvalue weighted by Gasteiger charge is -2.21. The third-order valence-corrected chi connectivity index (χ3v) is 3.36. The third kappa shape index (κ3) is 3.24. The molecule has 0 saturated carbocycles. The molecule has 0 aliphatic carbocycles. The summed E-state index contributed by atoms with van der Waals surface area (Å²) in [6.07, 6.45) is -0.613. The van der Waals surface area contributed by atoms with Gasteiger partial charge in [-0.15, -0.1) is 0 Å². The van der Waals surface area contributed by atoms with E-state index in [0.717, 1.165) is 5.56 Å². The van der Waals surface area contributed by atoms with E-state index in [4.69, 9.17) is 16.7 Å². The van der Waals surface area contributed by atoms with E-state index in [1.165, 1.54) is 4.90 Å². The molecule has 1 amide bonds. The number of benzene rings is 1. The van der Waals surface area contributed by atoms with E-state index >= 15 is 0 Å². The minimum absolute atomic E-state index is 0.0658. The summed E-state index contributed by atoms with van der Waals surface area (Å²) in [7, 11) is 0. The van der Waals surface area contributed by atoms with Crippen LogP contribution in [-0.2, 0) is 16.0 Å². The van der Waals surface area contributed by atoms with Crippen LogP contribution in [0.2, 0.25) is 5.02 Å². The maximum absolute atomic E-state index is 12.1. The summed E-state index contributed by atoms with van der Waals surface area (Å²) in [5.74, 6) is -1.40. The Morgan fingerprint density at radius 2 is 2.16 bits per heavy atom. The predicted molar refractivity (Wildman–Crippen MR) is 68.9 cm³/mol. The molecule has 2 atom stereocenters. The maximum Gasteiger partial charge on any atom is 0.326 e. The van der Waals surface area contributed by atoms with Crippen LogP contribution in [0.3, 0.4) is 0 Å². The average molecular weight is 284 g/mol. The lowest BCUT2D eigenvalue weighted by molar-refractivity contribution is -0.148. The molecule has 0 bridgehead atoms. The molecule has 0 spiro atoms. The van der Waals surface area contributed by atoms with Gasteiger partial charge in [0, 0.05) is 18.0 Å². The van der Waals surface area contributed by atoms with E-state index in [-0.39, 0.29) is 25.3 Å². The summed E-state index contributed by atoms with van der Waals surface area (Å²) in [5.41, 5.74) is 0.725. The van der Waals surface area contributed by atoms with Crippen LogP contribution in [0.1, 0.15) is 12.0 Å². The van der Waals surface area contributed by atoms with Gasteiger partial charge in [-0.2, -0.15) is 0 Å². The van der Waals surface area contributed by atoms with Crippen molar-refractivity contribution in [1.82, 2.24) is 4.90 Å². The minimum Gasteiger partial charge on any atom is -0.480 e. The second-order valence-corrected chi connectivity index (χ2v) is 5.03. The first-order valence-corrected chi connectivity index (χ1v) is 6.30. The van der Waals surface area contributed by atoms with E-state index in [9.17, 15) is 14.7 Å². The molecule has 2 N–H and O–H groups in total. The van der Waals surface area contributed by atoms with Crippen molar-refractivity contribution in [2.75, 3.05) is 6.54 Å². The molecule has 0 unspecified atom stereocenters. The van der Waals surface area contributed by atoms with Crippen LogP contribution in [0.25, 0.3) is 0 Å². The number of likely N-dealkylation sites (tertiary alicyclic amines) is 1. The van der Waals surface area contributed by atoms with Gasteiger partial charge in [0.1, 0.15) is 6.04 Å². The lowest BCUT2D eigenvalue weighted by atomic mass is 10.1. The van der Waals surface area contributed by atoms with Gasteiger partial charge in [0.05, 0.1) is 12.5 Å². The summed E-state index contributed by atoms with van der Waals surface area (Å²) < 4.78 is 0. The number of hydrogen-bond donors (Lipinski definition) is 2. The van der Waals surface area contributed by atoms with Gasteiger partial charge in [0.25, 0.3) is 0 Å². The van der Waals surface area contributed by atoms with Crippen molar-refractivity contribution in [2.45, 2.75) is 25.0 Å². The van der Waals surface area contributed by atoms with Crippen molar-refractivity contribution >= 4 is 23.5 Å². The number of rotatable bonds is 3. The van der Waals surface area contributed by atoms with Crippen LogP contribution in [-0.4, -0.2) is 45.7 Å². The van der Waals surface area contributed by atoms with Gasteiger partial charge in [0.2, 0.25) is 5.91 Å². The van der Waals surface area contributed by atoms with Crippen LogP contribution < -0.4 is 0 Å². The monoisotopic (exact) mass is 283 g/mol. The number of β-amino-alcohol motifs (C(OH)–C–C–N with tert-alkyl or cyclic N) is 1. The Kier molecular flexibility index (Phi) is 4.07. The molecule has 6 heteroatoms. The van der Waals surface area contributed by atoms with E-state index < -0.39 is 18.1 Å². The van der Waals surface area contributed by atoms with Crippen molar-refractivity contribution in [2.24, 2.45) is 0 Å². The quantitative estimate of drug-likeness (QED) is 0.865. The molecular formula is C13H14ClNO4. The molecule has 1 heterocycles. The van der Waals surface area contributed by atoms with Gasteiger partial charge in [-0.05, 0) is 17.7 Å². The summed E-state index contributed by atoms with van der Waals surface area (Å²) >= 11 is 5.83. The van der Waals surface area contributed by atoms with Crippen molar-refractivity contribution in [3.8, 4) is 0 Å². The van der Waals surface area contributed by atoms with Crippen LogP contribution in [0.5, 0.6) is 0 Å². The highest BCUT2D eigenvalue weighted by Gasteiger charge is 2.38. The molecule has 5 nitrogen and oxygen atoms in total. The Balaban J connectivity index is 2.09. The fourth-order valence-electron chi connectivity index (χ4n) is 2.25. The largest absolute Gasteiger partial charge is 0.480 e. The standard InChI is InChI=1S/C13H14ClNO4/c14-9-3-1-2-8(4-9)5-12(17)15-7-10(16)6-11(15)13(18)19/h1-4,10-11,16H,5-7H2,(H,18,19)/t10-,11-/m0/s1. The smallest absolute Gasteiger partial charge is 0.326 e. The highest BCUT2D eigenvalue weighted by molar-refractivity contribution is 6.30. The number of hydrogen-bond acceptors (Lipinski definition) is 3. The van der Waals surface area contributed by atoms with Crippen LogP contribution in [0.4, 0.5) is 0 Å². The number of amides is 1. The zero-order valence-electron chi connectivity index (χ0n) is 10.1. The minimum atomic E-state index is -1.09. The third-order valence-electron chi connectivity index (χ3n) is 3.13. The molecule has 102 valence electrons. The van der Waals surface area contributed by atoms with E-state index in [2.05, 4.69) is 0 Å². The second kappa shape index (κ2) is 5.59. The Hall–Kier alpha value is -1.59. The van der Waals surface area contributed by atoms with Gasteiger partial charge >= 0.3 is 5.97 Å². The van der Waals surface area contributed by atoms with Gasteiger partial charge < -0.3 is 15.1 Å². The first-order valence-electron chi connectivity index (χ1n) is 5.92. The highest BCUT2D eigenvalue weighted by Crippen LogP contribution is 2.20. The van der Waals surface area contributed by atoms with Crippen LogP contribution in [0.15, 0.2) is 24.3 Å². The van der Waals surface area contributed by atoms with Gasteiger partial charge in [0.15, 0.2) is 0 Å². The molecule has 1 fully saturated rings. The molecule has 1 aliphatic rings. The Labute approximate surface area is 115 Å². The summed E-state index contributed by atoms with van der Waals surface area (Å²) in [4.78, 5) is 24.4. The molecule has 0 aromatic heterocycles. The Morgan fingerprint density at radius 1 is 1.42 bits per heavy atom. The lowest BCUT2D eigenvalue weighted by Crippen LogP contribution is -2.41. The zero-order chi connectivity index (χ0) is 14.0. The van der Waals surface area contributed by atoms with Gasteiger partial charge in [-0.3, -0.25) is 4.79 Å². The van der Waals surface area contributed by atoms with Crippen LogP contribution >= 0.6 is 11.6 Å². The fraction of sp³-hybridized carbons (Fsp3) is 0.385. The number of carbonyl (C=O) groups is 2. The van der Waals surface area contributed by atoms with Crippen molar-refractivity contribution in [1.29, 1.82) is 0 Å². The van der Waals surface area contributed by atoms with E-state index in [0.29, 0.717) is 5.02 Å². The number of aliphatic carboxylic acids is 1. The Morgan fingerprint density at radius 3 is 2.79 bits per heavy atom. The first kappa shape index (κ1) is 13.8. The average Bonchev–Trinajstić information content (AvgIpc) is 2.71. The maximum atomic E-state index is 12.1. The Bertz CT molecular complexity index is 505. The number of halogens is 1. The molecular weight excluding hydrogens is 270 g/mol. The van der Waals surface area contributed by atoms with Crippen molar-refractivity contribution < 1.29 is 19.8 Å². The second-order valence-electron chi connectivity index (χ2n) is 4.60. The predicted octanol–water partition coefficient (Wildman–Crippen LogP) is 0.929. The van der Waals surface area contributed by atoms with E-state index in [1.807, 2.05) is 0 Å². The summed E-state index contributed by atoms with van der Waals surface area (Å²) in [5, 5.41) is 19.1. The molecule has 1 aromatic carbocycles. The summed E-state index contributed by atoms with van der Waals surface area (Å²) in [6, 6.07) is 5.92. The number of carbonyl (C=O) groups excluding carboxylic acids is 1. The summed E-state index contributed by atoms with van der Waals surface area (Å²) in [6.45, 7) is 0.0658. The highest BCUT2D eigenvalue weighted by atomic mass is 35.5. The molecule has 19 heavy (non-hydrogen) atoms. The van der Waals surface area contributed by atoms with Crippen molar-refractivity contribution in [3.63, 3.8) is 0 Å². The van der Waals surface area contributed by atoms with Gasteiger partial charge in [-0.25, -0.2) is 4.79 Å². The molecule has 0 radical (unpaired) electrons. The number of carboxylic acids is 1. The van der Waals surface area contributed by atoms with Crippen molar-refractivity contribution in [3.05, 3.63) is 34.9 Å². The number of nitrogens with zero attached hydrogens (tertiary/aromatic N) is 1. The normalized spacial score (nSPS) is 22.5. The topological polar surface area (TPSA) is 77.8 Å². The zero-order valence-corrected chi connectivity index (χ0v) is 10.9. The SMILES string of the molecule is O=C(O)[C@@H]1C[C@H](O)CN1C(=O)Cc1cccc(Cl)c1. The van der Waals surface area contributed by atoms with Gasteiger partial charge in [-0.1, -0.05) is 23.7 Å². The number of aliphatic hydroxyl groups excluding tert-OH is 1. The molecule has 2 rings (SSSR count). The molecule has 1 aliphatic heterocycles. The molecule has 1 saturated heterocycles. The first-order chi connectivity index (χ1) is 8.97. The fourth-order valence-corrected chi connectivity index (χ4v) is 2.46. The molecule has 1 aromatic rings.